The van der Waals surface area contributed by atoms with Crippen molar-refractivity contribution in [3.63, 3.8) is 0 Å². The first kappa shape index (κ1) is 15.0. The standard InChI is InChI=1S/C16H23FN2O/c1-11(13-5-7-15(17)8-6-13)9-19-10-14(16(18)20)4-3-12(19)2/h5-8,11-12,14H,3-4,9-10H2,1-2H3,(H2,18,20)/t11-,12+,14-/m1/s1. The average Bonchev–Trinajstić information content (AvgIpc) is 2.41. The smallest absolute Gasteiger partial charge is 0.221 e. The highest BCUT2D eigenvalue weighted by Crippen LogP contribution is 2.25. The van der Waals surface area contributed by atoms with Gasteiger partial charge in [0.1, 0.15) is 5.82 Å². The fourth-order valence-electron chi connectivity index (χ4n) is 2.91. The summed E-state index contributed by atoms with van der Waals surface area (Å²) in [4.78, 5) is 13.7. The quantitative estimate of drug-likeness (QED) is 0.920. The number of carbonyl (C=O) groups is 1. The van der Waals surface area contributed by atoms with Crippen molar-refractivity contribution in [3.05, 3.63) is 35.6 Å². The van der Waals surface area contributed by atoms with Crippen LogP contribution in [0.2, 0.25) is 0 Å². The molecule has 1 aliphatic heterocycles. The Morgan fingerprint density at radius 3 is 2.65 bits per heavy atom. The first-order chi connectivity index (χ1) is 9.47. The maximum Gasteiger partial charge on any atom is 0.221 e. The number of primary amides is 1. The van der Waals surface area contributed by atoms with Crippen LogP contribution in [0.15, 0.2) is 24.3 Å². The normalized spacial score (nSPS) is 25.4. The number of nitrogens with two attached hydrogens (primary N) is 1. The van der Waals surface area contributed by atoms with Crippen molar-refractivity contribution in [1.82, 2.24) is 4.90 Å². The fraction of sp³-hybridized carbons (Fsp3) is 0.562. The summed E-state index contributed by atoms with van der Waals surface area (Å²) in [5.74, 6) is -0.131. The van der Waals surface area contributed by atoms with Gasteiger partial charge in [-0.3, -0.25) is 9.69 Å². The number of carbonyl (C=O) groups excluding carboxylic acids is 1. The van der Waals surface area contributed by atoms with Gasteiger partial charge in [-0.25, -0.2) is 4.39 Å². The topological polar surface area (TPSA) is 46.3 Å². The summed E-state index contributed by atoms with van der Waals surface area (Å²) in [6, 6.07) is 7.13. The van der Waals surface area contributed by atoms with Crippen LogP contribution < -0.4 is 5.73 Å². The predicted octanol–water partition coefficient (Wildman–Crippen LogP) is 2.52. The predicted molar refractivity (Wildman–Crippen MR) is 77.8 cm³/mol. The molecule has 0 spiro atoms. The second kappa shape index (κ2) is 6.35. The van der Waals surface area contributed by atoms with Crippen molar-refractivity contribution >= 4 is 5.91 Å². The van der Waals surface area contributed by atoms with Crippen molar-refractivity contribution in [2.45, 2.75) is 38.6 Å². The Morgan fingerprint density at radius 2 is 2.05 bits per heavy atom. The summed E-state index contributed by atoms with van der Waals surface area (Å²) in [5.41, 5.74) is 6.55. The minimum absolute atomic E-state index is 0.0355. The van der Waals surface area contributed by atoms with Crippen LogP contribution in [-0.4, -0.2) is 29.9 Å². The number of hydrogen-bond acceptors (Lipinski definition) is 2. The molecule has 2 rings (SSSR count). The maximum atomic E-state index is 12.9. The lowest BCUT2D eigenvalue weighted by atomic mass is 9.91. The van der Waals surface area contributed by atoms with E-state index in [1.54, 1.807) is 0 Å². The minimum Gasteiger partial charge on any atom is -0.369 e. The van der Waals surface area contributed by atoms with E-state index >= 15 is 0 Å². The van der Waals surface area contributed by atoms with Crippen LogP contribution in [0, 0.1) is 11.7 Å². The molecule has 20 heavy (non-hydrogen) atoms. The lowest BCUT2D eigenvalue weighted by Crippen LogP contribution is -2.46. The van der Waals surface area contributed by atoms with Crippen LogP contribution in [0.4, 0.5) is 4.39 Å². The Labute approximate surface area is 120 Å². The highest BCUT2D eigenvalue weighted by Gasteiger charge is 2.29. The van der Waals surface area contributed by atoms with E-state index in [1.165, 1.54) is 12.1 Å². The summed E-state index contributed by atoms with van der Waals surface area (Å²) >= 11 is 0. The van der Waals surface area contributed by atoms with Crippen molar-refractivity contribution in [2.75, 3.05) is 13.1 Å². The van der Waals surface area contributed by atoms with Gasteiger partial charge in [-0.1, -0.05) is 19.1 Å². The molecule has 1 aromatic rings. The van der Waals surface area contributed by atoms with Crippen LogP contribution in [0.3, 0.4) is 0 Å². The summed E-state index contributed by atoms with van der Waals surface area (Å²) in [6.07, 6.45) is 1.89. The molecule has 4 heteroatoms. The summed E-state index contributed by atoms with van der Waals surface area (Å²) in [6.45, 7) is 5.93. The van der Waals surface area contributed by atoms with Gasteiger partial charge in [0.2, 0.25) is 5.91 Å². The van der Waals surface area contributed by atoms with Crippen LogP contribution in [0.1, 0.15) is 38.2 Å². The largest absolute Gasteiger partial charge is 0.369 e. The molecule has 3 nitrogen and oxygen atoms in total. The molecule has 1 aliphatic rings. The molecule has 0 radical (unpaired) electrons. The zero-order valence-corrected chi connectivity index (χ0v) is 12.2. The van der Waals surface area contributed by atoms with E-state index in [0.29, 0.717) is 12.0 Å². The average molecular weight is 278 g/mol. The molecule has 0 saturated carbocycles. The van der Waals surface area contributed by atoms with Gasteiger partial charge in [-0.2, -0.15) is 0 Å². The Hall–Kier alpha value is -1.42. The molecule has 1 heterocycles. The monoisotopic (exact) mass is 278 g/mol. The lowest BCUT2D eigenvalue weighted by Gasteiger charge is -2.38. The van der Waals surface area contributed by atoms with E-state index in [1.807, 2.05) is 12.1 Å². The Morgan fingerprint density at radius 1 is 1.40 bits per heavy atom. The van der Waals surface area contributed by atoms with Gasteiger partial charge < -0.3 is 5.73 Å². The van der Waals surface area contributed by atoms with Gasteiger partial charge in [0.25, 0.3) is 0 Å². The number of rotatable bonds is 4. The number of likely N-dealkylation sites (tertiary alicyclic amines) is 1. The molecule has 0 aliphatic carbocycles. The van der Waals surface area contributed by atoms with E-state index in [-0.39, 0.29) is 17.6 Å². The van der Waals surface area contributed by atoms with Gasteiger partial charge >= 0.3 is 0 Å². The summed E-state index contributed by atoms with van der Waals surface area (Å²) in [5, 5.41) is 0. The fourth-order valence-corrected chi connectivity index (χ4v) is 2.91. The molecule has 3 atom stereocenters. The van der Waals surface area contributed by atoms with Crippen molar-refractivity contribution in [1.29, 1.82) is 0 Å². The Bertz CT molecular complexity index is 460. The van der Waals surface area contributed by atoms with E-state index in [9.17, 15) is 9.18 Å². The highest BCUT2D eigenvalue weighted by atomic mass is 19.1. The first-order valence-corrected chi connectivity index (χ1v) is 7.26. The van der Waals surface area contributed by atoms with E-state index in [2.05, 4.69) is 18.7 Å². The van der Waals surface area contributed by atoms with Crippen LogP contribution in [0.25, 0.3) is 0 Å². The zero-order chi connectivity index (χ0) is 14.7. The van der Waals surface area contributed by atoms with E-state index in [4.69, 9.17) is 5.73 Å². The number of piperidine rings is 1. The molecular weight excluding hydrogens is 255 g/mol. The van der Waals surface area contributed by atoms with Crippen molar-refractivity contribution < 1.29 is 9.18 Å². The summed E-state index contributed by atoms with van der Waals surface area (Å²) < 4.78 is 12.9. The molecule has 2 N–H and O–H groups in total. The third kappa shape index (κ3) is 3.57. The van der Waals surface area contributed by atoms with Crippen LogP contribution in [-0.2, 0) is 4.79 Å². The molecule has 1 amide bonds. The molecule has 1 saturated heterocycles. The molecular formula is C16H23FN2O. The lowest BCUT2D eigenvalue weighted by molar-refractivity contribution is -0.124. The summed E-state index contributed by atoms with van der Waals surface area (Å²) in [7, 11) is 0. The van der Waals surface area contributed by atoms with E-state index < -0.39 is 0 Å². The Balaban J connectivity index is 2.00. The molecule has 1 fully saturated rings. The van der Waals surface area contributed by atoms with Crippen molar-refractivity contribution in [2.24, 2.45) is 11.7 Å². The van der Waals surface area contributed by atoms with Gasteiger partial charge in [0.15, 0.2) is 0 Å². The van der Waals surface area contributed by atoms with Gasteiger partial charge in [0.05, 0.1) is 5.92 Å². The maximum absolute atomic E-state index is 12.9. The first-order valence-electron chi connectivity index (χ1n) is 7.26. The second-order valence-corrected chi connectivity index (χ2v) is 5.93. The number of benzene rings is 1. The van der Waals surface area contributed by atoms with E-state index in [0.717, 1.165) is 31.5 Å². The third-order valence-electron chi connectivity index (χ3n) is 4.36. The van der Waals surface area contributed by atoms with Gasteiger partial charge in [-0.15, -0.1) is 0 Å². The molecule has 0 aromatic heterocycles. The number of hydrogen-bond donors (Lipinski definition) is 1. The van der Waals surface area contributed by atoms with Gasteiger partial charge in [0, 0.05) is 19.1 Å². The highest BCUT2D eigenvalue weighted by molar-refractivity contribution is 5.76. The SMILES string of the molecule is C[C@H](CN1C[C@H](C(N)=O)CC[C@@H]1C)c1ccc(F)cc1. The zero-order valence-electron chi connectivity index (χ0n) is 12.2. The number of halogens is 1. The molecule has 110 valence electrons. The third-order valence-corrected chi connectivity index (χ3v) is 4.36. The van der Waals surface area contributed by atoms with Crippen LogP contribution >= 0.6 is 0 Å². The number of nitrogens with zero attached hydrogens (tertiary/aromatic N) is 1. The van der Waals surface area contributed by atoms with Crippen LogP contribution in [0.5, 0.6) is 0 Å². The molecule has 1 aromatic carbocycles. The second-order valence-electron chi connectivity index (χ2n) is 5.93. The molecule has 0 bridgehead atoms. The van der Waals surface area contributed by atoms with Crippen molar-refractivity contribution in [3.8, 4) is 0 Å². The van der Waals surface area contributed by atoms with Gasteiger partial charge in [-0.05, 0) is 43.4 Å². The minimum atomic E-state index is -0.207. The Kier molecular flexibility index (Phi) is 4.76. The molecule has 0 unspecified atom stereocenters. The number of amides is 1.